The second-order valence-electron chi connectivity index (χ2n) is 4.56. The number of imidazole rings is 1. The summed E-state index contributed by atoms with van der Waals surface area (Å²) in [6.07, 6.45) is 2.74. The van der Waals surface area contributed by atoms with E-state index in [0.717, 1.165) is 40.4 Å². The number of rotatable bonds is 3. The minimum Gasteiger partial charge on any atom is -0.323 e. The highest BCUT2D eigenvalue weighted by Crippen LogP contribution is 2.29. The molecule has 0 fully saturated rings. The first-order chi connectivity index (χ1) is 9.70. The van der Waals surface area contributed by atoms with Gasteiger partial charge in [-0.2, -0.15) is 0 Å². The van der Waals surface area contributed by atoms with Gasteiger partial charge in [-0.15, -0.1) is 0 Å². The third kappa shape index (κ3) is 2.28. The fraction of sp³-hybridized carbons (Fsp3) is 0.200. The quantitative estimate of drug-likeness (QED) is 0.650. The SMILES string of the molecule is CCCn1c(-c2ccc(Cl)nc2)nc2cccc(Cl)c21. The van der Waals surface area contributed by atoms with Gasteiger partial charge in [-0.3, -0.25) is 0 Å². The third-order valence-corrected chi connectivity index (χ3v) is 3.68. The minimum atomic E-state index is 0.477. The van der Waals surface area contributed by atoms with E-state index in [1.54, 1.807) is 12.3 Å². The lowest BCUT2D eigenvalue weighted by Crippen LogP contribution is -2.00. The molecule has 0 aliphatic heterocycles. The summed E-state index contributed by atoms with van der Waals surface area (Å²) < 4.78 is 2.14. The first-order valence-corrected chi connectivity index (χ1v) is 7.23. The maximum Gasteiger partial charge on any atom is 0.142 e. The van der Waals surface area contributed by atoms with E-state index in [0.29, 0.717) is 5.15 Å². The number of hydrogen-bond donors (Lipinski definition) is 0. The van der Waals surface area contributed by atoms with Crippen molar-refractivity contribution >= 4 is 34.2 Å². The van der Waals surface area contributed by atoms with Gasteiger partial charge in [-0.1, -0.05) is 36.2 Å². The fourth-order valence-corrected chi connectivity index (χ4v) is 2.69. The zero-order valence-corrected chi connectivity index (χ0v) is 12.5. The van der Waals surface area contributed by atoms with Crippen molar-refractivity contribution in [3.05, 3.63) is 46.7 Å². The summed E-state index contributed by atoms with van der Waals surface area (Å²) in [5.41, 5.74) is 2.81. The standard InChI is InChI=1S/C15H13Cl2N3/c1-2-8-20-14-11(16)4-3-5-12(14)19-15(20)10-6-7-13(17)18-9-10/h3-7,9H,2,8H2,1H3. The smallest absolute Gasteiger partial charge is 0.142 e. The van der Waals surface area contributed by atoms with Crippen LogP contribution in [0.4, 0.5) is 0 Å². The van der Waals surface area contributed by atoms with Crippen molar-refractivity contribution in [2.75, 3.05) is 0 Å². The molecular weight excluding hydrogens is 293 g/mol. The number of fused-ring (bicyclic) bond motifs is 1. The molecule has 0 N–H and O–H groups in total. The normalized spacial score (nSPS) is 11.2. The molecule has 0 radical (unpaired) electrons. The van der Waals surface area contributed by atoms with Gasteiger partial charge in [0.2, 0.25) is 0 Å². The molecule has 1 aromatic carbocycles. The van der Waals surface area contributed by atoms with Crippen LogP contribution in [0.25, 0.3) is 22.4 Å². The number of hydrogen-bond acceptors (Lipinski definition) is 2. The summed E-state index contributed by atoms with van der Waals surface area (Å²) in [6.45, 7) is 2.99. The zero-order valence-electron chi connectivity index (χ0n) is 11.0. The first-order valence-electron chi connectivity index (χ1n) is 6.47. The monoisotopic (exact) mass is 305 g/mol. The Balaban J connectivity index is 2.26. The summed E-state index contributed by atoms with van der Waals surface area (Å²) in [5.74, 6) is 0.874. The van der Waals surface area contributed by atoms with Crippen LogP contribution < -0.4 is 0 Å². The zero-order chi connectivity index (χ0) is 14.1. The van der Waals surface area contributed by atoms with Crippen LogP contribution in [0, 0.1) is 0 Å². The number of halogens is 2. The summed E-state index contributed by atoms with van der Waals surface area (Å²) in [5, 5.41) is 1.20. The average Bonchev–Trinajstić information content (AvgIpc) is 2.80. The van der Waals surface area contributed by atoms with Crippen LogP contribution in [0.2, 0.25) is 10.2 Å². The Morgan fingerprint density at radius 2 is 2.00 bits per heavy atom. The van der Waals surface area contributed by atoms with E-state index in [-0.39, 0.29) is 0 Å². The van der Waals surface area contributed by atoms with Gasteiger partial charge in [0.05, 0.1) is 16.1 Å². The van der Waals surface area contributed by atoms with Crippen LogP contribution in [0.1, 0.15) is 13.3 Å². The van der Waals surface area contributed by atoms with Gasteiger partial charge in [0.25, 0.3) is 0 Å². The van der Waals surface area contributed by atoms with Crippen molar-refractivity contribution in [2.24, 2.45) is 0 Å². The Morgan fingerprint density at radius 1 is 1.15 bits per heavy atom. The maximum atomic E-state index is 6.33. The highest BCUT2D eigenvalue weighted by Gasteiger charge is 2.14. The van der Waals surface area contributed by atoms with Gasteiger partial charge in [0, 0.05) is 18.3 Å². The van der Waals surface area contributed by atoms with Gasteiger partial charge >= 0.3 is 0 Å². The van der Waals surface area contributed by atoms with Crippen LogP contribution in [0.15, 0.2) is 36.5 Å². The minimum absolute atomic E-state index is 0.477. The number of benzene rings is 1. The lowest BCUT2D eigenvalue weighted by Gasteiger charge is -2.08. The molecule has 0 unspecified atom stereocenters. The van der Waals surface area contributed by atoms with E-state index < -0.39 is 0 Å². The second kappa shape index (κ2) is 5.43. The number of pyridine rings is 1. The van der Waals surface area contributed by atoms with Gasteiger partial charge in [-0.05, 0) is 30.7 Å². The number of para-hydroxylation sites is 1. The molecule has 0 saturated heterocycles. The third-order valence-electron chi connectivity index (χ3n) is 3.15. The largest absolute Gasteiger partial charge is 0.323 e. The molecule has 3 aromatic rings. The lowest BCUT2D eigenvalue weighted by atomic mass is 10.2. The van der Waals surface area contributed by atoms with Gasteiger partial charge in [0.15, 0.2) is 0 Å². The van der Waals surface area contributed by atoms with E-state index in [1.807, 2.05) is 24.3 Å². The molecule has 0 spiro atoms. The van der Waals surface area contributed by atoms with Crippen molar-refractivity contribution in [1.82, 2.24) is 14.5 Å². The Kier molecular flexibility index (Phi) is 3.64. The van der Waals surface area contributed by atoms with Gasteiger partial charge < -0.3 is 4.57 Å². The summed E-state index contributed by atoms with van der Waals surface area (Å²) in [7, 11) is 0. The Morgan fingerprint density at radius 3 is 2.70 bits per heavy atom. The molecule has 0 bridgehead atoms. The van der Waals surface area contributed by atoms with Crippen molar-refractivity contribution in [3.8, 4) is 11.4 Å². The van der Waals surface area contributed by atoms with Crippen LogP contribution >= 0.6 is 23.2 Å². The van der Waals surface area contributed by atoms with Crippen LogP contribution in [0.3, 0.4) is 0 Å². The molecule has 0 aliphatic rings. The Bertz CT molecular complexity index is 748. The van der Waals surface area contributed by atoms with Crippen LogP contribution in [-0.2, 0) is 6.54 Å². The highest BCUT2D eigenvalue weighted by molar-refractivity contribution is 6.35. The summed E-state index contributed by atoms with van der Waals surface area (Å²) in [6, 6.07) is 9.48. The molecule has 2 heterocycles. The van der Waals surface area contributed by atoms with Crippen molar-refractivity contribution < 1.29 is 0 Å². The molecule has 0 amide bonds. The molecule has 102 valence electrons. The first kappa shape index (κ1) is 13.4. The highest BCUT2D eigenvalue weighted by atomic mass is 35.5. The number of nitrogens with zero attached hydrogens (tertiary/aromatic N) is 3. The molecule has 0 saturated carbocycles. The van der Waals surface area contributed by atoms with Crippen molar-refractivity contribution in [1.29, 1.82) is 0 Å². The van der Waals surface area contributed by atoms with Crippen LogP contribution in [-0.4, -0.2) is 14.5 Å². The van der Waals surface area contributed by atoms with Crippen molar-refractivity contribution in [3.63, 3.8) is 0 Å². The maximum absolute atomic E-state index is 6.33. The van der Waals surface area contributed by atoms with E-state index in [2.05, 4.69) is 21.5 Å². The Hall–Kier alpha value is -1.58. The molecule has 2 aromatic heterocycles. The molecule has 3 nitrogen and oxygen atoms in total. The number of aryl methyl sites for hydroxylation is 1. The fourth-order valence-electron chi connectivity index (χ4n) is 2.31. The van der Waals surface area contributed by atoms with E-state index in [1.165, 1.54) is 0 Å². The van der Waals surface area contributed by atoms with Crippen molar-refractivity contribution in [2.45, 2.75) is 19.9 Å². The van der Waals surface area contributed by atoms with Crippen LogP contribution in [0.5, 0.6) is 0 Å². The number of aromatic nitrogens is 3. The van der Waals surface area contributed by atoms with Gasteiger partial charge in [0.1, 0.15) is 11.0 Å². The second-order valence-corrected chi connectivity index (χ2v) is 5.36. The Labute approximate surface area is 127 Å². The molecule has 20 heavy (non-hydrogen) atoms. The van der Waals surface area contributed by atoms with E-state index in [4.69, 9.17) is 23.2 Å². The predicted octanol–water partition coefficient (Wildman–Crippen LogP) is 4.82. The topological polar surface area (TPSA) is 30.7 Å². The predicted molar refractivity (Wildman–Crippen MR) is 83.3 cm³/mol. The van der Waals surface area contributed by atoms with E-state index in [9.17, 15) is 0 Å². The average molecular weight is 306 g/mol. The molecule has 3 rings (SSSR count). The molecule has 0 aliphatic carbocycles. The van der Waals surface area contributed by atoms with Gasteiger partial charge in [-0.25, -0.2) is 9.97 Å². The summed E-state index contributed by atoms with van der Waals surface area (Å²) >= 11 is 12.2. The molecular formula is C15H13Cl2N3. The molecule has 5 heteroatoms. The van der Waals surface area contributed by atoms with E-state index >= 15 is 0 Å². The molecule has 0 atom stereocenters. The summed E-state index contributed by atoms with van der Waals surface area (Å²) in [4.78, 5) is 8.82. The lowest BCUT2D eigenvalue weighted by molar-refractivity contribution is 0.704.